The summed E-state index contributed by atoms with van der Waals surface area (Å²) in [6.45, 7) is 8.55. The van der Waals surface area contributed by atoms with Crippen molar-refractivity contribution in [2.24, 2.45) is 0 Å². The largest absolute Gasteiger partial charge is 0.497 e. The predicted octanol–water partition coefficient (Wildman–Crippen LogP) is 4.60. The number of ether oxygens (including phenoxy) is 2. The zero-order valence-electron chi connectivity index (χ0n) is 13.1. The molecule has 2 rings (SSSR count). The molecule has 0 unspecified atom stereocenters. The summed E-state index contributed by atoms with van der Waals surface area (Å²) in [5, 5.41) is 0. The van der Waals surface area contributed by atoms with Gasteiger partial charge < -0.3 is 9.47 Å². The van der Waals surface area contributed by atoms with Crippen LogP contribution in [0.15, 0.2) is 24.3 Å². The minimum atomic E-state index is 0.874. The normalized spacial score (nSPS) is 10.5. The second-order valence-electron chi connectivity index (χ2n) is 5.14. The molecular weight excluding hydrogens is 248 g/mol. The molecule has 0 aliphatic carbocycles. The summed E-state index contributed by atoms with van der Waals surface area (Å²) in [6.07, 6.45) is 0. The molecule has 0 aromatic heterocycles. The quantitative estimate of drug-likeness (QED) is 0.811. The van der Waals surface area contributed by atoms with E-state index in [-0.39, 0.29) is 0 Å². The van der Waals surface area contributed by atoms with Gasteiger partial charge in [-0.3, -0.25) is 0 Å². The second-order valence-corrected chi connectivity index (χ2v) is 5.14. The topological polar surface area (TPSA) is 18.5 Å². The number of hydrogen-bond donors (Lipinski definition) is 0. The molecule has 2 aromatic carbocycles. The number of hydrogen-bond acceptors (Lipinski definition) is 2. The van der Waals surface area contributed by atoms with Gasteiger partial charge in [-0.2, -0.15) is 0 Å². The summed E-state index contributed by atoms with van der Waals surface area (Å²) >= 11 is 0. The third kappa shape index (κ3) is 2.26. The molecule has 20 heavy (non-hydrogen) atoms. The predicted molar refractivity (Wildman–Crippen MR) is 83.9 cm³/mol. The molecule has 2 aromatic rings. The fraction of sp³-hybridized carbons (Fsp3) is 0.333. The van der Waals surface area contributed by atoms with Crippen LogP contribution >= 0.6 is 0 Å². The molecule has 2 heteroatoms. The minimum absolute atomic E-state index is 0.874. The van der Waals surface area contributed by atoms with Gasteiger partial charge in [0.2, 0.25) is 0 Å². The van der Waals surface area contributed by atoms with E-state index in [4.69, 9.17) is 9.47 Å². The third-order valence-electron chi connectivity index (χ3n) is 4.12. The smallest absolute Gasteiger partial charge is 0.125 e. The Kier molecular flexibility index (Phi) is 4.03. The van der Waals surface area contributed by atoms with Crippen molar-refractivity contribution in [3.05, 3.63) is 46.5 Å². The Hall–Kier alpha value is -1.96. The Morgan fingerprint density at radius 2 is 1.45 bits per heavy atom. The molecule has 0 amide bonds. The van der Waals surface area contributed by atoms with E-state index in [1.165, 1.54) is 33.4 Å². The van der Waals surface area contributed by atoms with E-state index < -0.39 is 0 Å². The van der Waals surface area contributed by atoms with Crippen LogP contribution in [-0.4, -0.2) is 14.2 Å². The maximum absolute atomic E-state index is 5.60. The summed E-state index contributed by atoms with van der Waals surface area (Å²) in [7, 11) is 3.43. The Balaban J connectivity index is 2.76. The molecule has 0 saturated heterocycles. The van der Waals surface area contributed by atoms with E-state index in [9.17, 15) is 0 Å². The van der Waals surface area contributed by atoms with Crippen molar-refractivity contribution in [1.29, 1.82) is 0 Å². The van der Waals surface area contributed by atoms with E-state index in [1.807, 2.05) is 12.1 Å². The molecule has 0 aliphatic rings. The number of rotatable bonds is 3. The highest BCUT2D eigenvalue weighted by Crippen LogP contribution is 2.39. The first-order valence-electron chi connectivity index (χ1n) is 6.80. The van der Waals surface area contributed by atoms with Crippen LogP contribution in [0.5, 0.6) is 11.5 Å². The van der Waals surface area contributed by atoms with Gasteiger partial charge in [0.1, 0.15) is 11.5 Å². The molecule has 0 aliphatic heterocycles. The van der Waals surface area contributed by atoms with Crippen LogP contribution in [0.4, 0.5) is 0 Å². The Morgan fingerprint density at radius 3 is 2.05 bits per heavy atom. The van der Waals surface area contributed by atoms with Gasteiger partial charge in [-0.1, -0.05) is 12.1 Å². The van der Waals surface area contributed by atoms with Crippen molar-refractivity contribution in [3.63, 3.8) is 0 Å². The van der Waals surface area contributed by atoms with Crippen LogP contribution < -0.4 is 9.47 Å². The van der Waals surface area contributed by atoms with E-state index in [1.54, 1.807) is 14.2 Å². The molecule has 0 spiro atoms. The molecule has 0 N–H and O–H groups in total. The Labute approximate surface area is 121 Å². The summed E-state index contributed by atoms with van der Waals surface area (Å²) < 4.78 is 10.9. The SMILES string of the molecule is COc1cccc(-c2c(C)c(C)c(C)c(OC)c2C)c1. The lowest BCUT2D eigenvalue weighted by atomic mass is 9.89. The van der Waals surface area contributed by atoms with Crippen LogP contribution in [0.3, 0.4) is 0 Å². The lowest BCUT2D eigenvalue weighted by molar-refractivity contribution is 0.408. The van der Waals surface area contributed by atoms with Gasteiger partial charge in [-0.15, -0.1) is 0 Å². The zero-order chi connectivity index (χ0) is 14.9. The summed E-state index contributed by atoms with van der Waals surface area (Å²) in [4.78, 5) is 0. The first-order valence-corrected chi connectivity index (χ1v) is 6.80. The van der Waals surface area contributed by atoms with Crippen LogP contribution in [0, 0.1) is 27.7 Å². The van der Waals surface area contributed by atoms with Crippen LogP contribution in [-0.2, 0) is 0 Å². The van der Waals surface area contributed by atoms with Crippen molar-refractivity contribution in [2.75, 3.05) is 14.2 Å². The van der Waals surface area contributed by atoms with Gasteiger partial charge in [-0.25, -0.2) is 0 Å². The van der Waals surface area contributed by atoms with Gasteiger partial charge in [-0.05, 0) is 73.2 Å². The Bertz CT molecular complexity index is 642. The van der Waals surface area contributed by atoms with E-state index >= 15 is 0 Å². The first kappa shape index (κ1) is 14.4. The average Bonchev–Trinajstić information content (AvgIpc) is 2.46. The highest BCUT2D eigenvalue weighted by atomic mass is 16.5. The Morgan fingerprint density at radius 1 is 0.750 bits per heavy atom. The molecule has 0 atom stereocenters. The summed E-state index contributed by atoms with van der Waals surface area (Å²) in [5.41, 5.74) is 7.39. The van der Waals surface area contributed by atoms with Crippen molar-refractivity contribution in [1.82, 2.24) is 0 Å². The number of benzene rings is 2. The van der Waals surface area contributed by atoms with Crippen LogP contribution in [0.2, 0.25) is 0 Å². The molecule has 0 radical (unpaired) electrons. The fourth-order valence-corrected chi connectivity index (χ4v) is 2.83. The van der Waals surface area contributed by atoms with E-state index in [0.29, 0.717) is 0 Å². The minimum Gasteiger partial charge on any atom is -0.497 e. The summed E-state index contributed by atoms with van der Waals surface area (Å²) in [6, 6.07) is 8.18. The fourth-order valence-electron chi connectivity index (χ4n) is 2.83. The van der Waals surface area contributed by atoms with Crippen molar-refractivity contribution in [3.8, 4) is 22.6 Å². The van der Waals surface area contributed by atoms with Crippen molar-refractivity contribution in [2.45, 2.75) is 27.7 Å². The van der Waals surface area contributed by atoms with Gasteiger partial charge >= 0.3 is 0 Å². The molecule has 106 valence electrons. The standard InChI is InChI=1S/C18H22O2/c1-11-12(2)17(14(4)18(20-6)13(11)3)15-8-7-9-16(10-15)19-5/h7-10H,1-6H3. The molecule has 0 saturated carbocycles. The monoisotopic (exact) mass is 270 g/mol. The van der Waals surface area contributed by atoms with Crippen LogP contribution in [0.1, 0.15) is 22.3 Å². The molecule has 0 heterocycles. The molecule has 2 nitrogen and oxygen atoms in total. The highest BCUT2D eigenvalue weighted by Gasteiger charge is 2.16. The van der Waals surface area contributed by atoms with Gasteiger partial charge in [0, 0.05) is 0 Å². The van der Waals surface area contributed by atoms with Gasteiger partial charge in [0.25, 0.3) is 0 Å². The summed E-state index contributed by atoms with van der Waals surface area (Å²) in [5.74, 6) is 1.85. The second kappa shape index (κ2) is 5.58. The number of methoxy groups -OCH3 is 2. The average molecular weight is 270 g/mol. The van der Waals surface area contributed by atoms with Gasteiger partial charge in [0.05, 0.1) is 14.2 Å². The van der Waals surface area contributed by atoms with Gasteiger partial charge in [0.15, 0.2) is 0 Å². The third-order valence-corrected chi connectivity index (χ3v) is 4.12. The maximum Gasteiger partial charge on any atom is 0.125 e. The first-order chi connectivity index (χ1) is 9.51. The molecule has 0 fully saturated rings. The van der Waals surface area contributed by atoms with Crippen LogP contribution in [0.25, 0.3) is 11.1 Å². The maximum atomic E-state index is 5.60. The highest BCUT2D eigenvalue weighted by molar-refractivity contribution is 5.77. The molecule has 0 bridgehead atoms. The van der Waals surface area contributed by atoms with E-state index in [2.05, 4.69) is 39.8 Å². The molecular formula is C18H22O2. The van der Waals surface area contributed by atoms with Crippen molar-refractivity contribution >= 4 is 0 Å². The lowest BCUT2D eigenvalue weighted by Crippen LogP contribution is -2.00. The lowest BCUT2D eigenvalue weighted by Gasteiger charge is -2.20. The van der Waals surface area contributed by atoms with E-state index in [0.717, 1.165) is 11.5 Å². The zero-order valence-corrected chi connectivity index (χ0v) is 13.1. The van der Waals surface area contributed by atoms with Crippen molar-refractivity contribution < 1.29 is 9.47 Å².